The largest absolute Gasteiger partial charge is 0.394 e. The fraction of sp³-hybridized carbons (Fsp3) is 1.00. The van der Waals surface area contributed by atoms with Crippen molar-refractivity contribution in [1.82, 2.24) is 9.80 Å². The highest BCUT2D eigenvalue weighted by Crippen LogP contribution is 2.31. The topological polar surface area (TPSA) is 52.7 Å². The summed E-state index contributed by atoms with van der Waals surface area (Å²) in [5, 5.41) is 9.44. The number of likely N-dealkylation sites (tertiary alicyclic amines) is 1. The molecule has 2 atom stereocenters. The van der Waals surface area contributed by atoms with E-state index in [0.717, 1.165) is 19.3 Å². The molecule has 1 aliphatic carbocycles. The molecule has 18 heavy (non-hydrogen) atoms. The molecule has 0 aromatic heterocycles. The van der Waals surface area contributed by atoms with E-state index in [1.165, 1.54) is 32.4 Å². The van der Waals surface area contributed by atoms with Crippen LogP contribution in [0.25, 0.3) is 0 Å². The second-order valence-electron chi connectivity index (χ2n) is 6.47. The van der Waals surface area contributed by atoms with Gasteiger partial charge in [0, 0.05) is 17.6 Å². The molecule has 2 rings (SSSR count). The molecule has 0 aromatic rings. The van der Waals surface area contributed by atoms with E-state index in [1.807, 2.05) is 0 Å². The Kier molecular flexibility index (Phi) is 4.64. The van der Waals surface area contributed by atoms with Gasteiger partial charge in [0.25, 0.3) is 0 Å². The Balaban J connectivity index is 1.90. The van der Waals surface area contributed by atoms with Gasteiger partial charge in [0.05, 0.1) is 6.61 Å². The maximum Gasteiger partial charge on any atom is 0.0611 e. The van der Waals surface area contributed by atoms with Crippen molar-refractivity contribution in [3.63, 3.8) is 0 Å². The van der Waals surface area contributed by atoms with Gasteiger partial charge in [0.2, 0.25) is 0 Å². The first-order chi connectivity index (χ1) is 8.54. The molecule has 0 bridgehead atoms. The van der Waals surface area contributed by atoms with Gasteiger partial charge in [-0.25, -0.2) is 0 Å². The number of aliphatic hydroxyl groups is 1. The van der Waals surface area contributed by atoms with E-state index < -0.39 is 0 Å². The molecule has 1 heterocycles. The number of hydrogen-bond donors (Lipinski definition) is 2. The summed E-state index contributed by atoms with van der Waals surface area (Å²) in [6.07, 6.45) is 6.84. The van der Waals surface area contributed by atoms with Gasteiger partial charge in [-0.05, 0) is 65.7 Å². The van der Waals surface area contributed by atoms with Crippen molar-refractivity contribution in [2.24, 2.45) is 5.73 Å². The highest BCUT2D eigenvalue weighted by molar-refractivity contribution is 4.95. The fourth-order valence-corrected chi connectivity index (χ4v) is 3.55. The minimum Gasteiger partial charge on any atom is -0.394 e. The van der Waals surface area contributed by atoms with E-state index in [-0.39, 0.29) is 12.1 Å². The number of rotatable bonds is 3. The summed E-state index contributed by atoms with van der Waals surface area (Å²) in [5.41, 5.74) is 5.92. The SMILES string of the molecule is CN1CCC(N(C)C2CCCC(N)(CO)C2)CC1. The van der Waals surface area contributed by atoms with Crippen LogP contribution in [-0.4, -0.2) is 66.3 Å². The average Bonchev–Trinajstić information content (AvgIpc) is 2.39. The summed E-state index contributed by atoms with van der Waals surface area (Å²) in [4.78, 5) is 4.95. The molecule has 0 aromatic carbocycles. The van der Waals surface area contributed by atoms with Crippen LogP contribution < -0.4 is 5.73 Å². The van der Waals surface area contributed by atoms with Gasteiger partial charge >= 0.3 is 0 Å². The van der Waals surface area contributed by atoms with Crippen LogP contribution in [0.5, 0.6) is 0 Å². The van der Waals surface area contributed by atoms with Crippen LogP contribution in [0.2, 0.25) is 0 Å². The number of nitrogens with two attached hydrogens (primary N) is 1. The van der Waals surface area contributed by atoms with Crippen LogP contribution in [0.15, 0.2) is 0 Å². The Bertz CT molecular complexity index is 266. The lowest BCUT2D eigenvalue weighted by Gasteiger charge is -2.45. The summed E-state index contributed by atoms with van der Waals surface area (Å²) in [6, 6.07) is 1.26. The normalized spacial score (nSPS) is 36.2. The third-order valence-corrected chi connectivity index (χ3v) is 5.01. The van der Waals surface area contributed by atoms with Crippen molar-refractivity contribution in [2.45, 2.75) is 56.1 Å². The Morgan fingerprint density at radius 2 is 1.94 bits per heavy atom. The molecule has 1 saturated carbocycles. The molecule has 0 radical (unpaired) electrons. The van der Waals surface area contributed by atoms with Crippen molar-refractivity contribution in [1.29, 1.82) is 0 Å². The van der Waals surface area contributed by atoms with Gasteiger partial charge in [0.15, 0.2) is 0 Å². The monoisotopic (exact) mass is 255 g/mol. The quantitative estimate of drug-likeness (QED) is 0.777. The smallest absolute Gasteiger partial charge is 0.0611 e. The Morgan fingerprint density at radius 3 is 2.56 bits per heavy atom. The first kappa shape index (κ1) is 14.3. The molecule has 1 aliphatic heterocycles. The van der Waals surface area contributed by atoms with Crippen LogP contribution in [-0.2, 0) is 0 Å². The van der Waals surface area contributed by atoms with E-state index in [1.54, 1.807) is 0 Å². The zero-order chi connectivity index (χ0) is 13.2. The second kappa shape index (κ2) is 5.87. The zero-order valence-corrected chi connectivity index (χ0v) is 11.9. The highest BCUT2D eigenvalue weighted by Gasteiger charge is 2.36. The Hall–Kier alpha value is -0.160. The van der Waals surface area contributed by atoms with E-state index in [4.69, 9.17) is 5.73 Å². The van der Waals surface area contributed by atoms with Gasteiger partial charge in [-0.3, -0.25) is 0 Å². The second-order valence-corrected chi connectivity index (χ2v) is 6.47. The molecule has 0 spiro atoms. The average molecular weight is 255 g/mol. The van der Waals surface area contributed by atoms with E-state index in [0.29, 0.717) is 12.1 Å². The lowest BCUT2D eigenvalue weighted by atomic mass is 9.79. The van der Waals surface area contributed by atoms with Gasteiger partial charge in [0.1, 0.15) is 0 Å². The molecular formula is C14H29N3O. The molecule has 0 amide bonds. The van der Waals surface area contributed by atoms with Crippen molar-refractivity contribution in [3.8, 4) is 0 Å². The third-order valence-electron chi connectivity index (χ3n) is 5.01. The lowest BCUT2D eigenvalue weighted by Crippen LogP contribution is -2.55. The van der Waals surface area contributed by atoms with Gasteiger partial charge in [-0.2, -0.15) is 0 Å². The number of piperidine rings is 1. The number of nitrogens with zero attached hydrogens (tertiary/aromatic N) is 2. The van der Waals surface area contributed by atoms with E-state index in [2.05, 4.69) is 23.9 Å². The predicted octanol–water partition coefficient (Wildman–Crippen LogP) is 0.645. The van der Waals surface area contributed by atoms with Crippen LogP contribution in [0.3, 0.4) is 0 Å². The van der Waals surface area contributed by atoms with Gasteiger partial charge in [-0.15, -0.1) is 0 Å². The molecule has 4 nitrogen and oxygen atoms in total. The van der Waals surface area contributed by atoms with Crippen molar-refractivity contribution >= 4 is 0 Å². The van der Waals surface area contributed by atoms with Crippen LogP contribution >= 0.6 is 0 Å². The first-order valence-electron chi connectivity index (χ1n) is 7.34. The lowest BCUT2D eigenvalue weighted by molar-refractivity contribution is 0.0510. The number of hydrogen-bond acceptors (Lipinski definition) is 4. The zero-order valence-electron chi connectivity index (χ0n) is 11.9. The molecule has 106 valence electrons. The highest BCUT2D eigenvalue weighted by atomic mass is 16.3. The first-order valence-corrected chi connectivity index (χ1v) is 7.34. The predicted molar refractivity (Wildman–Crippen MR) is 74.5 cm³/mol. The molecule has 2 fully saturated rings. The molecule has 2 aliphatic rings. The summed E-state index contributed by atoms with van der Waals surface area (Å²) in [5.74, 6) is 0. The van der Waals surface area contributed by atoms with Crippen molar-refractivity contribution < 1.29 is 5.11 Å². The van der Waals surface area contributed by atoms with Crippen LogP contribution in [0, 0.1) is 0 Å². The Labute approximate surface area is 111 Å². The standard InChI is InChI=1S/C14H29N3O/c1-16-8-5-12(6-9-16)17(2)13-4-3-7-14(15,10-13)11-18/h12-13,18H,3-11,15H2,1-2H3. The minimum absolute atomic E-state index is 0.130. The van der Waals surface area contributed by atoms with Gasteiger partial charge in [-0.1, -0.05) is 0 Å². The van der Waals surface area contributed by atoms with Gasteiger partial charge < -0.3 is 20.6 Å². The Morgan fingerprint density at radius 1 is 1.28 bits per heavy atom. The molecule has 4 heteroatoms. The summed E-state index contributed by atoms with van der Waals surface area (Å²) >= 11 is 0. The summed E-state index contributed by atoms with van der Waals surface area (Å²) in [6.45, 7) is 2.54. The van der Waals surface area contributed by atoms with Crippen molar-refractivity contribution in [2.75, 3.05) is 33.8 Å². The van der Waals surface area contributed by atoms with E-state index >= 15 is 0 Å². The summed E-state index contributed by atoms with van der Waals surface area (Å²) in [7, 11) is 4.46. The molecule has 1 saturated heterocycles. The maximum absolute atomic E-state index is 9.44. The molecular weight excluding hydrogens is 226 g/mol. The number of aliphatic hydroxyl groups excluding tert-OH is 1. The minimum atomic E-state index is -0.331. The third kappa shape index (κ3) is 3.23. The fourth-order valence-electron chi connectivity index (χ4n) is 3.55. The maximum atomic E-state index is 9.44. The summed E-state index contributed by atoms with van der Waals surface area (Å²) < 4.78 is 0. The van der Waals surface area contributed by atoms with Crippen LogP contribution in [0.4, 0.5) is 0 Å². The van der Waals surface area contributed by atoms with E-state index in [9.17, 15) is 5.11 Å². The molecule has 3 N–H and O–H groups in total. The van der Waals surface area contributed by atoms with Crippen LogP contribution in [0.1, 0.15) is 38.5 Å². The van der Waals surface area contributed by atoms with Crippen molar-refractivity contribution in [3.05, 3.63) is 0 Å². The molecule has 2 unspecified atom stereocenters.